The maximum Gasteiger partial charge on any atom is 0.573 e. The number of Topliss-reactive ketones (excluding diaryl/α,β-unsaturated/α-hetero) is 1. The third-order valence-corrected chi connectivity index (χ3v) is 5.96. The van der Waals surface area contributed by atoms with E-state index in [-0.39, 0.29) is 16.1 Å². The van der Waals surface area contributed by atoms with E-state index in [1.165, 1.54) is 24.5 Å². The molecule has 1 aromatic carbocycles. The number of anilines is 1. The number of benzene rings is 1. The van der Waals surface area contributed by atoms with Crippen molar-refractivity contribution < 1.29 is 32.6 Å². The van der Waals surface area contributed by atoms with E-state index in [9.17, 15) is 27.9 Å². The van der Waals surface area contributed by atoms with Crippen LogP contribution in [-0.2, 0) is 4.79 Å². The molecule has 0 bridgehead atoms. The number of alkyl halides is 3. The SMILES string of the molecule is Cc1nc(C)c(C(=O)C2=C(O)C(=O)N(c3cccc(OC(F)(F)F)c3)C2c2cccnc2)s1. The molecule has 3 aromatic rings. The van der Waals surface area contributed by atoms with Gasteiger partial charge in [-0.3, -0.25) is 19.5 Å². The number of aliphatic hydroxyl groups excluding tert-OH is 1. The molecule has 0 fully saturated rings. The first-order valence-corrected chi connectivity index (χ1v) is 10.4. The molecule has 11 heteroatoms. The van der Waals surface area contributed by atoms with Gasteiger partial charge in [0, 0.05) is 24.1 Å². The first-order valence-electron chi connectivity index (χ1n) is 9.58. The van der Waals surface area contributed by atoms with Gasteiger partial charge in [0.15, 0.2) is 5.76 Å². The number of ether oxygens (including phenoxy) is 1. The third kappa shape index (κ3) is 4.31. The summed E-state index contributed by atoms with van der Waals surface area (Å²) in [6.45, 7) is 3.36. The topological polar surface area (TPSA) is 92.6 Å². The molecule has 1 aliphatic rings. The van der Waals surface area contributed by atoms with Crippen LogP contribution < -0.4 is 9.64 Å². The number of carbonyl (C=O) groups excluding carboxylic acids is 2. The summed E-state index contributed by atoms with van der Waals surface area (Å²) >= 11 is 1.12. The lowest BCUT2D eigenvalue weighted by atomic mass is 9.96. The summed E-state index contributed by atoms with van der Waals surface area (Å²) in [6.07, 6.45) is -2.03. The first-order chi connectivity index (χ1) is 15.6. The van der Waals surface area contributed by atoms with Crippen LogP contribution in [0.15, 0.2) is 60.1 Å². The maximum atomic E-state index is 13.4. The van der Waals surface area contributed by atoms with Crippen LogP contribution in [0, 0.1) is 13.8 Å². The maximum absolute atomic E-state index is 13.4. The standard InChI is InChI=1S/C22H16F3N3O4S/c1-11-20(33-12(2)27-11)18(29)16-17(13-5-4-8-26-10-13)28(21(31)19(16)30)14-6-3-7-15(9-14)32-22(23,24)25/h3-10,17,30H,1-2H3. The number of nitrogens with zero attached hydrogens (tertiary/aromatic N) is 3. The molecule has 0 radical (unpaired) electrons. The molecular weight excluding hydrogens is 459 g/mol. The number of thiazole rings is 1. The van der Waals surface area contributed by atoms with Crippen LogP contribution in [0.4, 0.5) is 18.9 Å². The molecule has 1 aliphatic heterocycles. The van der Waals surface area contributed by atoms with Crippen molar-refractivity contribution in [1.82, 2.24) is 9.97 Å². The second-order valence-electron chi connectivity index (χ2n) is 7.15. The molecule has 0 saturated carbocycles. The zero-order valence-electron chi connectivity index (χ0n) is 17.3. The molecule has 1 atom stereocenters. The number of pyridine rings is 1. The number of ketones is 1. The molecule has 0 spiro atoms. The molecule has 33 heavy (non-hydrogen) atoms. The molecule has 1 unspecified atom stereocenters. The van der Waals surface area contributed by atoms with E-state index in [4.69, 9.17) is 0 Å². The molecule has 2 aromatic heterocycles. The highest BCUT2D eigenvalue weighted by Crippen LogP contribution is 2.43. The van der Waals surface area contributed by atoms with Gasteiger partial charge in [0.2, 0.25) is 5.78 Å². The van der Waals surface area contributed by atoms with Crippen molar-refractivity contribution in [2.24, 2.45) is 0 Å². The van der Waals surface area contributed by atoms with Crippen molar-refractivity contribution in [3.8, 4) is 5.75 Å². The van der Waals surface area contributed by atoms with Crippen molar-refractivity contribution in [2.75, 3.05) is 4.90 Å². The minimum absolute atomic E-state index is 0.00200. The summed E-state index contributed by atoms with van der Waals surface area (Å²) in [5.74, 6) is -2.87. The Bertz CT molecular complexity index is 1270. The summed E-state index contributed by atoms with van der Waals surface area (Å²) in [7, 11) is 0. The van der Waals surface area contributed by atoms with E-state index >= 15 is 0 Å². The van der Waals surface area contributed by atoms with Gasteiger partial charge < -0.3 is 9.84 Å². The van der Waals surface area contributed by atoms with E-state index in [0.29, 0.717) is 16.3 Å². The number of amides is 1. The van der Waals surface area contributed by atoms with Crippen LogP contribution in [0.3, 0.4) is 0 Å². The summed E-state index contributed by atoms with van der Waals surface area (Å²) < 4.78 is 42.1. The lowest BCUT2D eigenvalue weighted by Crippen LogP contribution is -2.31. The van der Waals surface area contributed by atoms with Crippen LogP contribution in [-0.4, -0.2) is 33.1 Å². The smallest absolute Gasteiger partial charge is 0.503 e. The van der Waals surface area contributed by atoms with Crippen LogP contribution in [0.25, 0.3) is 0 Å². The van der Waals surface area contributed by atoms with Gasteiger partial charge in [-0.25, -0.2) is 4.98 Å². The molecule has 1 N–H and O–H groups in total. The van der Waals surface area contributed by atoms with Crippen LogP contribution >= 0.6 is 11.3 Å². The van der Waals surface area contributed by atoms with Gasteiger partial charge in [0.25, 0.3) is 5.91 Å². The molecule has 170 valence electrons. The van der Waals surface area contributed by atoms with Crippen molar-refractivity contribution in [3.05, 3.63) is 81.3 Å². The summed E-state index contributed by atoms with van der Waals surface area (Å²) in [5.41, 5.74) is 0.627. The molecular formula is C22H16F3N3O4S. The highest BCUT2D eigenvalue weighted by molar-refractivity contribution is 7.14. The lowest BCUT2D eigenvalue weighted by molar-refractivity contribution is -0.274. The molecule has 3 heterocycles. The van der Waals surface area contributed by atoms with E-state index in [2.05, 4.69) is 14.7 Å². The normalized spacial score (nSPS) is 16.5. The molecule has 7 nitrogen and oxygen atoms in total. The Morgan fingerprint density at radius 3 is 2.58 bits per heavy atom. The highest BCUT2D eigenvalue weighted by atomic mass is 32.1. The van der Waals surface area contributed by atoms with Gasteiger partial charge in [-0.2, -0.15) is 0 Å². The average molecular weight is 475 g/mol. The van der Waals surface area contributed by atoms with Gasteiger partial charge in [-0.1, -0.05) is 12.1 Å². The Balaban J connectivity index is 1.84. The number of aliphatic hydroxyl groups is 1. The Morgan fingerprint density at radius 2 is 1.97 bits per heavy atom. The number of carbonyl (C=O) groups is 2. The van der Waals surface area contributed by atoms with Crippen molar-refractivity contribution in [1.29, 1.82) is 0 Å². The van der Waals surface area contributed by atoms with Crippen LogP contribution in [0.1, 0.15) is 32.0 Å². The average Bonchev–Trinajstić information content (AvgIpc) is 3.23. The van der Waals surface area contributed by atoms with Crippen molar-refractivity contribution in [2.45, 2.75) is 26.3 Å². The summed E-state index contributed by atoms with van der Waals surface area (Å²) in [5, 5.41) is 11.4. The number of aryl methyl sites for hydroxylation is 2. The number of aromatic nitrogens is 2. The fourth-order valence-corrected chi connectivity index (χ4v) is 4.53. The number of rotatable bonds is 5. The fourth-order valence-electron chi connectivity index (χ4n) is 3.65. The predicted octanol–water partition coefficient (Wildman–Crippen LogP) is 4.84. The van der Waals surface area contributed by atoms with Gasteiger partial charge in [-0.05, 0) is 37.6 Å². The zero-order chi connectivity index (χ0) is 23.9. The van der Waals surface area contributed by atoms with E-state index in [1.807, 2.05) is 0 Å². The second-order valence-corrected chi connectivity index (χ2v) is 8.35. The first kappa shape index (κ1) is 22.5. The minimum atomic E-state index is -4.93. The second kappa shape index (κ2) is 8.32. The fraction of sp³-hybridized carbons (Fsp3) is 0.182. The van der Waals surface area contributed by atoms with Crippen LogP contribution in [0.2, 0.25) is 0 Å². The molecule has 0 saturated heterocycles. The monoisotopic (exact) mass is 475 g/mol. The molecule has 1 amide bonds. The Labute approximate surface area is 189 Å². The Morgan fingerprint density at radius 1 is 1.21 bits per heavy atom. The van der Waals surface area contributed by atoms with E-state index < -0.39 is 35.6 Å². The number of hydrogen-bond acceptors (Lipinski definition) is 7. The summed E-state index contributed by atoms with van der Waals surface area (Å²) in [4.78, 5) is 36.1. The Hall–Kier alpha value is -3.73. The largest absolute Gasteiger partial charge is 0.573 e. The third-order valence-electron chi connectivity index (χ3n) is 4.89. The van der Waals surface area contributed by atoms with Gasteiger partial charge >= 0.3 is 6.36 Å². The molecule has 0 aliphatic carbocycles. The summed E-state index contributed by atoms with van der Waals surface area (Å²) in [6, 6.07) is 6.81. The number of halogens is 3. The van der Waals surface area contributed by atoms with Gasteiger partial charge in [-0.15, -0.1) is 24.5 Å². The van der Waals surface area contributed by atoms with Crippen molar-refractivity contribution in [3.63, 3.8) is 0 Å². The van der Waals surface area contributed by atoms with Crippen LogP contribution in [0.5, 0.6) is 5.75 Å². The van der Waals surface area contributed by atoms with Crippen molar-refractivity contribution >= 4 is 28.7 Å². The molecule has 4 rings (SSSR count). The quantitative estimate of drug-likeness (QED) is 0.531. The number of hydrogen-bond donors (Lipinski definition) is 1. The van der Waals surface area contributed by atoms with E-state index in [0.717, 1.165) is 28.4 Å². The minimum Gasteiger partial charge on any atom is -0.503 e. The zero-order valence-corrected chi connectivity index (χ0v) is 18.1. The predicted molar refractivity (Wildman–Crippen MR) is 113 cm³/mol. The highest BCUT2D eigenvalue weighted by Gasteiger charge is 2.45. The van der Waals surface area contributed by atoms with E-state index in [1.54, 1.807) is 26.0 Å². The van der Waals surface area contributed by atoms with Gasteiger partial charge in [0.1, 0.15) is 5.75 Å². The Kier molecular flexibility index (Phi) is 5.66. The van der Waals surface area contributed by atoms with Gasteiger partial charge in [0.05, 0.1) is 27.2 Å². The lowest BCUT2D eigenvalue weighted by Gasteiger charge is -2.27.